The van der Waals surface area contributed by atoms with Crippen molar-refractivity contribution in [1.29, 1.82) is 0 Å². The number of nitrogens with zero attached hydrogens (tertiary/aromatic N) is 4. The van der Waals surface area contributed by atoms with Crippen molar-refractivity contribution in [1.82, 2.24) is 14.9 Å². The molecular formula is C19H29N5O. The van der Waals surface area contributed by atoms with E-state index in [0.29, 0.717) is 23.8 Å². The van der Waals surface area contributed by atoms with Crippen molar-refractivity contribution >= 4 is 11.7 Å². The lowest BCUT2D eigenvalue weighted by molar-refractivity contribution is -0.128. The van der Waals surface area contributed by atoms with Crippen LogP contribution < -0.4 is 10.6 Å². The van der Waals surface area contributed by atoms with Crippen LogP contribution >= 0.6 is 0 Å². The quantitative estimate of drug-likeness (QED) is 0.903. The fraction of sp³-hybridized carbons (Fsp3) is 0.737. The first kappa shape index (κ1) is 16.8. The topological polar surface area (TPSA) is 75.3 Å². The van der Waals surface area contributed by atoms with Gasteiger partial charge in [0.25, 0.3) is 0 Å². The molecule has 3 fully saturated rings. The summed E-state index contributed by atoms with van der Waals surface area (Å²) in [4.78, 5) is 25.6. The van der Waals surface area contributed by atoms with Crippen LogP contribution in [0.25, 0.3) is 0 Å². The highest BCUT2D eigenvalue weighted by Gasteiger charge is 2.30. The predicted molar refractivity (Wildman–Crippen MR) is 97.5 cm³/mol. The highest BCUT2D eigenvalue weighted by molar-refractivity contribution is 5.78. The van der Waals surface area contributed by atoms with E-state index < -0.39 is 0 Å². The third-order valence-electron chi connectivity index (χ3n) is 6.03. The molecule has 1 amide bonds. The molecule has 1 aromatic rings. The van der Waals surface area contributed by atoms with Gasteiger partial charge in [-0.2, -0.15) is 0 Å². The van der Waals surface area contributed by atoms with Crippen LogP contribution in [0, 0.1) is 12.8 Å². The van der Waals surface area contributed by atoms with Crippen molar-refractivity contribution in [2.75, 3.05) is 31.1 Å². The molecule has 6 nitrogen and oxygen atoms in total. The Labute approximate surface area is 149 Å². The molecule has 0 unspecified atom stereocenters. The van der Waals surface area contributed by atoms with Gasteiger partial charge in [-0.3, -0.25) is 4.79 Å². The molecule has 3 heterocycles. The van der Waals surface area contributed by atoms with Crippen LogP contribution in [-0.2, 0) is 4.79 Å². The zero-order chi connectivity index (χ0) is 17.4. The van der Waals surface area contributed by atoms with Gasteiger partial charge in [-0.1, -0.05) is 0 Å². The van der Waals surface area contributed by atoms with Crippen LogP contribution in [0.5, 0.6) is 0 Å². The Bertz CT molecular complexity index is 635. The van der Waals surface area contributed by atoms with E-state index in [0.717, 1.165) is 82.0 Å². The summed E-state index contributed by atoms with van der Waals surface area (Å²) in [6.45, 7) is 5.93. The van der Waals surface area contributed by atoms with Gasteiger partial charge in [0.1, 0.15) is 11.6 Å². The Morgan fingerprint density at radius 1 is 1.20 bits per heavy atom. The number of aromatic nitrogens is 2. The number of hydrogen-bond acceptors (Lipinski definition) is 5. The molecular weight excluding hydrogens is 314 g/mol. The van der Waals surface area contributed by atoms with Gasteiger partial charge in [-0.15, -0.1) is 0 Å². The monoisotopic (exact) mass is 343 g/mol. The first-order valence-corrected chi connectivity index (χ1v) is 9.72. The van der Waals surface area contributed by atoms with E-state index in [2.05, 4.69) is 25.8 Å². The predicted octanol–water partition coefficient (Wildman–Crippen LogP) is 1.83. The first-order valence-electron chi connectivity index (χ1n) is 9.72. The van der Waals surface area contributed by atoms with Crippen LogP contribution in [0.4, 0.5) is 5.82 Å². The van der Waals surface area contributed by atoms with Gasteiger partial charge in [0.2, 0.25) is 5.91 Å². The van der Waals surface area contributed by atoms with Gasteiger partial charge in [0.05, 0.1) is 0 Å². The van der Waals surface area contributed by atoms with Gasteiger partial charge < -0.3 is 15.5 Å². The molecule has 4 rings (SSSR count). The van der Waals surface area contributed by atoms with E-state index in [4.69, 9.17) is 5.73 Å². The Balaban J connectivity index is 1.36. The van der Waals surface area contributed by atoms with Crippen LogP contribution in [0.2, 0.25) is 0 Å². The number of amides is 1. The number of piperidine rings is 1. The Morgan fingerprint density at radius 2 is 1.96 bits per heavy atom. The molecule has 2 aliphatic heterocycles. The van der Waals surface area contributed by atoms with E-state index in [1.165, 1.54) is 0 Å². The summed E-state index contributed by atoms with van der Waals surface area (Å²) in [5.74, 6) is 3.41. The van der Waals surface area contributed by atoms with E-state index in [-0.39, 0.29) is 0 Å². The second-order valence-corrected chi connectivity index (χ2v) is 8.00. The van der Waals surface area contributed by atoms with Crippen molar-refractivity contribution in [3.8, 4) is 0 Å². The second-order valence-electron chi connectivity index (χ2n) is 8.00. The van der Waals surface area contributed by atoms with Gasteiger partial charge in [-0.25, -0.2) is 9.97 Å². The molecule has 136 valence electrons. The molecule has 1 saturated carbocycles. The van der Waals surface area contributed by atoms with E-state index in [1.54, 1.807) is 0 Å². The molecule has 1 aliphatic carbocycles. The summed E-state index contributed by atoms with van der Waals surface area (Å²) in [6, 6.07) is 2.51. The lowest BCUT2D eigenvalue weighted by Crippen LogP contribution is -2.40. The maximum absolute atomic E-state index is 11.8. The fourth-order valence-corrected chi connectivity index (χ4v) is 4.40. The van der Waals surface area contributed by atoms with Crippen molar-refractivity contribution < 1.29 is 4.79 Å². The molecule has 25 heavy (non-hydrogen) atoms. The summed E-state index contributed by atoms with van der Waals surface area (Å²) in [6.07, 6.45) is 6.13. The van der Waals surface area contributed by atoms with Crippen LogP contribution in [0.1, 0.15) is 56.0 Å². The Hall–Kier alpha value is -1.69. The number of hydrogen-bond donors (Lipinski definition) is 1. The number of likely N-dealkylation sites (tertiary alicyclic amines) is 1. The molecule has 1 aromatic heterocycles. The normalized spacial score (nSPS) is 27.7. The summed E-state index contributed by atoms with van der Waals surface area (Å²) in [5.41, 5.74) is 7.10. The number of rotatable bonds is 4. The standard InChI is InChI=1S/C19H29N5O/c1-13-21-17(15-9-16(20)10-15)11-18(22-13)23-7-4-14(5-8-23)12-24-6-2-3-19(24)25/h11,14-16H,2-10,12,20H2,1H3. The molecule has 2 N–H and O–H groups in total. The lowest BCUT2D eigenvalue weighted by atomic mass is 9.78. The van der Waals surface area contributed by atoms with Gasteiger partial charge in [-0.05, 0) is 44.9 Å². The van der Waals surface area contributed by atoms with Gasteiger partial charge in [0.15, 0.2) is 0 Å². The SMILES string of the molecule is Cc1nc(C2CC(N)C2)cc(N2CCC(CN3CCCC3=O)CC2)n1. The average Bonchev–Trinajstić information content (AvgIpc) is 2.97. The van der Waals surface area contributed by atoms with Crippen LogP contribution in [0.3, 0.4) is 0 Å². The second kappa shape index (κ2) is 6.90. The number of carbonyl (C=O) groups excluding carboxylic acids is 1. The largest absolute Gasteiger partial charge is 0.356 e. The van der Waals surface area contributed by atoms with Crippen molar-refractivity contribution in [3.05, 3.63) is 17.6 Å². The highest BCUT2D eigenvalue weighted by Crippen LogP contribution is 2.36. The molecule has 3 aliphatic rings. The number of nitrogens with two attached hydrogens (primary N) is 1. The summed E-state index contributed by atoms with van der Waals surface area (Å²) in [7, 11) is 0. The number of anilines is 1. The zero-order valence-electron chi connectivity index (χ0n) is 15.2. The third-order valence-corrected chi connectivity index (χ3v) is 6.03. The van der Waals surface area contributed by atoms with Gasteiger partial charge >= 0.3 is 0 Å². The molecule has 0 aromatic carbocycles. The molecule has 0 atom stereocenters. The molecule has 0 spiro atoms. The first-order chi connectivity index (χ1) is 12.1. The number of aryl methyl sites for hydroxylation is 1. The van der Waals surface area contributed by atoms with E-state index >= 15 is 0 Å². The van der Waals surface area contributed by atoms with Crippen molar-refractivity contribution in [3.63, 3.8) is 0 Å². The maximum Gasteiger partial charge on any atom is 0.222 e. The fourth-order valence-electron chi connectivity index (χ4n) is 4.40. The Morgan fingerprint density at radius 3 is 2.60 bits per heavy atom. The summed E-state index contributed by atoms with van der Waals surface area (Å²) < 4.78 is 0. The van der Waals surface area contributed by atoms with Crippen molar-refractivity contribution in [2.24, 2.45) is 11.7 Å². The van der Waals surface area contributed by atoms with Gasteiger partial charge in [0, 0.05) is 56.3 Å². The molecule has 2 saturated heterocycles. The minimum absolute atomic E-state index is 0.341. The molecule has 0 bridgehead atoms. The molecule has 6 heteroatoms. The minimum Gasteiger partial charge on any atom is -0.356 e. The van der Waals surface area contributed by atoms with Crippen LogP contribution in [-0.4, -0.2) is 53.0 Å². The minimum atomic E-state index is 0.341. The summed E-state index contributed by atoms with van der Waals surface area (Å²) >= 11 is 0. The van der Waals surface area contributed by atoms with E-state index in [1.807, 2.05) is 6.92 Å². The summed E-state index contributed by atoms with van der Waals surface area (Å²) in [5, 5.41) is 0. The average molecular weight is 343 g/mol. The van der Waals surface area contributed by atoms with Crippen LogP contribution in [0.15, 0.2) is 6.07 Å². The molecule has 0 radical (unpaired) electrons. The number of carbonyl (C=O) groups is 1. The lowest BCUT2D eigenvalue weighted by Gasteiger charge is -2.36. The Kier molecular flexibility index (Phi) is 4.63. The smallest absolute Gasteiger partial charge is 0.222 e. The highest BCUT2D eigenvalue weighted by atomic mass is 16.2. The maximum atomic E-state index is 11.8. The van der Waals surface area contributed by atoms with E-state index in [9.17, 15) is 4.79 Å². The third kappa shape index (κ3) is 3.64. The van der Waals surface area contributed by atoms with Crippen molar-refractivity contribution in [2.45, 2.75) is 57.4 Å². The zero-order valence-corrected chi connectivity index (χ0v) is 15.2.